The number of carbonyl (C=O) groups excluding carboxylic acids is 1. The lowest BCUT2D eigenvalue weighted by molar-refractivity contribution is -0.142. The summed E-state index contributed by atoms with van der Waals surface area (Å²) in [5, 5.41) is 2.88. The Labute approximate surface area is 114 Å². The minimum absolute atomic E-state index is 0.0227. The lowest BCUT2D eigenvalue weighted by atomic mass is 10.1. The van der Waals surface area contributed by atoms with Crippen molar-refractivity contribution in [2.24, 2.45) is 0 Å². The molecule has 0 spiro atoms. The van der Waals surface area contributed by atoms with Gasteiger partial charge in [0.05, 0.1) is 12.8 Å². The molecule has 0 fully saturated rings. The average Bonchev–Trinajstić information content (AvgIpc) is 2.26. The number of alkyl halides is 3. The summed E-state index contributed by atoms with van der Waals surface area (Å²) in [5.41, 5.74) is 0.673. The predicted molar refractivity (Wildman–Crippen MR) is 68.0 cm³/mol. The Hall–Kier alpha value is -1.23. The summed E-state index contributed by atoms with van der Waals surface area (Å²) in [6, 6.07) is 5.80. The van der Waals surface area contributed by atoms with Crippen LogP contribution in [0.1, 0.15) is 25.3 Å². The molecule has 0 unspecified atom stereocenters. The summed E-state index contributed by atoms with van der Waals surface area (Å²) in [6.45, 7) is 1.61. The van der Waals surface area contributed by atoms with Crippen LogP contribution in [0.25, 0.3) is 0 Å². The van der Waals surface area contributed by atoms with Crippen molar-refractivity contribution in [2.75, 3.05) is 0 Å². The zero-order chi connectivity index (χ0) is 14.5. The first kappa shape index (κ1) is 15.8. The Morgan fingerprint density at radius 2 is 2.11 bits per heavy atom. The first-order valence-electron chi connectivity index (χ1n) is 5.90. The van der Waals surface area contributed by atoms with Crippen LogP contribution in [0.2, 0.25) is 5.02 Å². The van der Waals surface area contributed by atoms with Gasteiger partial charge in [0.15, 0.2) is 0 Å². The number of rotatable bonds is 5. The molecule has 2 nitrogen and oxygen atoms in total. The summed E-state index contributed by atoms with van der Waals surface area (Å²) in [7, 11) is 0. The summed E-state index contributed by atoms with van der Waals surface area (Å²) in [4.78, 5) is 11.7. The van der Waals surface area contributed by atoms with Crippen molar-refractivity contribution >= 4 is 17.5 Å². The maximum Gasteiger partial charge on any atom is 0.391 e. The molecule has 1 N–H and O–H groups in total. The van der Waals surface area contributed by atoms with Crippen molar-refractivity contribution < 1.29 is 18.0 Å². The Morgan fingerprint density at radius 1 is 1.42 bits per heavy atom. The Bertz CT molecular complexity index is 434. The molecule has 0 saturated heterocycles. The van der Waals surface area contributed by atoms with Crippen LogP contribution in [-0.2, 0) is 11.2 Å². The molecule has 0 aromatic heterocycles. The Kier molecular flexibility index (Phi) is 5.66. The maximum atomic E-state index is 12.3. The quantitative estimate of drug-likeness (QED) is 0.880. The van der Waals surface area contributed by atoms with Gasteiger partial charge in [-0.25, -0.2) is 0 Å². The molecule has 19 heavy (non-hydrogen) atoms. The molecular formula is C13H15ClF3NO. The van der Waals surface area contributed by atoms with Crippen LogP contribution < -0.4 is 5.32 Å². The van der Waals surface area contributed by atoms with Crippen molar-refractivity contribution in [3.63, 3.8) is 0 Å². The minimum atomic E-state index is -4.27. The van der Waals surface area contributed by atoms with E-state index in [4.69, 9.17) is 11.6 Å². The first-order chi connectivity index (χ1) is 8.80. The monoisotopic (exact) mass is 293 g/mol. The van der Waals surface area contributed by atoms with Gasteiger partial charge in [0.1, 0.15) is 0 Å². The summed E-state index contributed by atoms with van der Waals surface area (Å²) in [5.74, 6) is -0.432. The standard InChI is InChI=1S/C13H15ClF3NO/c1-2-11(8-13(15,16)17)18-12(19)7-9-4-3-5-10(14)6-9/h3-6,11H,2,7-8H2,1H3,(H,18,19)/t11-/m0/s1. The molecule has 1 rings (SSSR count). The molecule has 0 bridgehead atoms. The van der Waals surface area contributed by atoms with Gasteiger partial charge in [-0.3, -0.25) is 4.79 Å². The van der Waals surface area contributed by atoms with Gasteiger partial charge in [0, 0.05) is 11.1 Å². The fourth-order valence-corrected chi connectivity index (χ4v) is 1.90. The van der Waals surface area contributed by atoms with Crippen LogP contribution in [0, 0.1) is 0 Å². The third-order valence-electron chi connectivity index (χ3n) is 2.59. The molecule has 1 aromatic rings. The zero-order valence-electron chi connectivity index (χ0n) is 10.4. The van der Waals surface area contributed by atoms with E-state index in [1.807, 2.05) is 0 Å². The van der Waals surface area contributed by atoms with Crippen LogP contribution in [0.4, 0.5) is 13.2 Å². The largest absolute Gasteiger partial charge is 0.391 e. The van der Waals surface area contributed by atoms with E-state index in [2.05, 4.69) is 5.32 Å². The van der Waals surface area contributed by atoms with Gasteiger partial charge in [0.2, 0.25) is 5.91 Å². The van der Waals surface area contributed by atoms with Crippen molar-refractivity contribution in [3.05, 3.63) is 34.9 Å². The molecule has 1 amide bonds. The number of hydrogen-bond donors (Lipinski definition) is 1. The highest BCUT2D eigenvalue weighted by atomic mass is 35.5. The molecule has 0 saturated carbocycles. The highest BCUT2D eigenvalue weighted by Gasteiger charge is 2.31. The Morgan fingerprint density at radius 3 is 2.63 bits per heavy atom. The van der Waals surface area contributed by atoms with Gasteiger partial charge in [-0.2, -0.15) is 13.2 Å². The van der Waals surface area contributed by atoms with Gasteiger partial charge in [-0.05, 0) is 24.1 Å². The molecule has 0 heterocycles. The molecule has 0 aliphatic rings. The smallest absolute Gasteiger partial charge is 0.353 e. The number of benzene rings is 1. The van der Waals surface area contributed by atoms with Gasteiger partial charge in [-0.15, -0.1) is 0 Å². The zero-order valence-corrected chi connectivity index (χ0v) is 11.2. The third kappa shape index (κ3) is 6.47. The minimum Gasteiger partial charge on any atom is -0.353 e. The maximum absolute atomic E-state index is 12.3. The van der Waals surface area contributed by atoms with E-state index < -0.39 is 24.5 Å². The van der Waals surface area contributed by atoms with Crippen molar-refractivity contribution in [2.45, 2.75) is 38.4 Å². The lowest BCUT2D eigenvalue weighted by Gasteiger charge is -2.18. The van der Waals surface area contributed by atoms with Crippen molar-refractivity contribution in [1.82, 2.24) is 5.32 Å². The number of carbonyl (C=O) groups is 1. The number of nitrogens with one attached hydrogen (secondary N) is 1. The molecule has 0 aliphatic heterocycles. The van der Waals surface area contributed by atoms with Crippen LogP contribution >= 0.6 is 11.6 Å². The number of halogens is 4. The third-order valence-corrected chi connectivity index (χ3v) is 2.82. The van der Waals surface area contributed by atoms with Gasteiger partial charge in [-0.1, -0.05) is 30.7 Å². The van der Waals surface area contributed by atoms with Gasteiger partial charge < -0.3 is 5.32 Å². The topological polar surface area (TPSA) is 29.1 Å². The molecule has 106 valence electrons. The normalized spacial score (nSPS) is 13.1. The van der Waals surface area contributed by atoms with Crippen LogP contribution in [-0.4, -0.2) is 18.1 Å². The SMILES string of the molecule is CC[C@@H](CC(F)(F)F)NC(=O)Cc1cccc(Cl)c1. The van der Waals surface area contributed by atoms with Gasteiger partial charge >= 0.3 is 6.18 Å². The summed E-state index contributed by atoms with van der Waals surface area (Å²) in [6.07, 6.45) is -5.02. The van der Waals surface area contributed by atoms with Crippen LogP contribution in [0.15, 0.2) is 24.3 Å². The van der Waals surface area contributed by atoms with E-state index in [0.29, 0.717) is 10.6 Å². The molecular weight excluding hydrogens is 279 g/mol. The summed E-state index contributed by atoms with van der Waals surface area (Å²) >= 11 is 5.77. The molecule has 6 heteroatoms. The second kappa shape index (κ2) is 6.80. The fourth-order valence-electron chi connectivity index (χ4n) is 1.69. The first-order valence-corrected chi connectivity index (χ1v) is 6.28. The van der Waals surface area contributed by atoms with E-state index in [0.717, 1.165) is 0 Å². The molecule has 1 atom stereocenters. The number of hydrogen-bond acceptors (Lipinski definition) is 1. The second-order valence-corrected chi connectivity index (χ2v) is 4.74. The van der Waals surface area contributed by atoms with Crippen LogP contribution in [0.3, 0.4) is 0 Å². The van der Waals surface area contributed by atoms with E-state index >= 15 is 0 Å². The van der Waals surface area contributed by atoms with E-state index in [1.165, 1.54) is 0 Å². The van der Waals surface area contributed by atoms with Crippen LogP contribution in [0.5, 0.6) is 0 Å². The molecule has 0 radical (unpaired) electrons. The molecule has 1 aromatic carbocycles. The highest BCUT2D eigenvalue weighted by molar-refractivity contribution is 6.30. The Balaban J connectivity index is 2.54. The predicted octanol–water partition coefficient (Wildman–Crippen LogP) is 3.73. The molecule has 0 aliphatic carbocycles. The second-order valence-electron chi connectivity index (χ2n) is 4.30. The van der Waals surface area contributed by atoms with Crippen molar-refractivity contribution in [3.8, 4) is 0 Å². The van der Waals surface area contributed by atoms with Crippen molar-refractivity contribution in [1.29, 1.82) is 0 Å². The lowest BCUT2D eigenvalue weighted by Crippen LogP contribution is -2.38. The number of amides is 1. The highest BCUT2D eigenvalue weighted by Crippen LogP contribution is 2.22. The summed E-state index contributed by atoms with van der Waals surface area (Å²) < 4.78 is 36.8. The van der Waals surface area contributed by atoms with E-state index in [9.17, 15) is 18.0 Å². The average molecular weight is 294 g/mol. The van der Waals surface area contributed by atoms with Gasteiger partial charge in [0.25, 0.3) is 0 Å². The fraction of sp³-hybridized carbons (Fsp3) is 0.462. The van der Waals surface area contributed by atoms with E-state index in [1.54, 1.807) is 31.2 Å². The van der Waals surface area contributed by atoms with E-state index in [-0.39, 0.29) is 12.8 Å².